The Bertz CT molecular complexity index is 1390. The van der Waals surface area contributed by atoms with Gasteiger partial charge in [-0.1, -0.05) is 29.8 Å². The van der Waals surface area contributed by atoms with E-state index in [0.29, 0.717) is 36.1 Å². The summed E-state index contributed by atoms with van der Waals surface area (Å²) in [5.74, 6) is -0.150. The van der Waals surface area contributed by atoms with Crippen molar-refractivity contribution < 1.29 is 45.6 Å². The second kappa shape index (κ2) is 14.4. The summed E-state index contributed by atoms with van der Waals surface area (Å²) in [4.78, 5) is 25.9. The number of nitrogens with one attached hydrogen (secondary N) is 1. The number of benzene rings is 2. The molecule has 1 aliphatic heterocycles. The molecule has 1 N–H and O–H groups in total. The Labute approximate surface area is 247 Å². The van der Waals surface area contributed by atoms with E-state index in [0.717, 1.165) is 5.56 Å². The first kappa shape index (κ1) is 33.4. The average Bonchev–Trinajstić information content (AvgIpc) is 3.39. The molecular weight excluding hydrogens is 587 g/mol. The largest absolute Gasteiger partial charge is 0.529 e. The van der Waals surface area contributed by atoms with Gasteiger partial charge in [0.15, 0.2) is 9.84 Å². The van der Waals surface area contributed by atoms with Crippen LogP contribution in [0.1, 0.15) is 42.0 Å². The van der Waals surface area contributed by atoms with Crippen molar-refractivity contribution in [2.75, 3.05) is 33.1 Å². The van der Waals surface area contributed by atoms with E-state index >= 15 is 0 Å². The SMILES string of the molecule is CNC(=O)OCc1ccc(OP(=O)(OC)OCC2CCCN2C(=O)OC(C)CS(=O)(=O)c2c(C)cc(C)cc2C)cc1. The zero-order valence-electron chi connectivity index (χ0n) is 24.7. The molecule has 3 rings (SSSR count). The van der Waals surface area contributed by atoms with E-state index in [4.69, 9.17) is 23.0 Å². The van der Waals surface area contributed by atoms with Crippen LogP contribution in [-0.4, -0.2) is 70.7 Å². The second-order valence-electron chi connectivity index (χ2n) is 10.2. The molecule has 0 aliphatic carbocycles. The molecule has 0 aromatic heterocycles. The van der Waals surface area contributed by atoms with E-state index < -0.39 is 42.0 Å². The van der Waals surface area contributed by atoms with Crippen LogP contribution < -0.4 is 9.84 Å². The van der Waals surface area contributed by atoms with Gasteiger partial charge in [-0.25, -0.2) is 22.6 Å². The number of likely N-dealkylation sites (tertiary alicyclic amines) is 1. The molecule has 3 unspecified atom stereocenters. The minimum atomic E-state index is -4.04. The number of amides is 2. The Morgan fingerprint density at radius 1 is 1.12 bits per heavy atom. The summed E-state index contributed by atoms with van der Waals surface area (Å²) in [5.41, 5.74) is 2.96. The van der Waals surface area contributed by atoms with Gasteiger partial charge in [0.25, 0.3) is 0 Å². The number of alkyl carbamates (subject to hydrolysis) is 1. The molecule has 14 heteroatoms. The number of sulfone groups is 1. The third kappa shape index (κ3) is 8.94. The molecule has 1 saturated heterocycles. The minimum absolute atomic E-state index is 0.0434. The third-order valence-electron chi connectivity index (χ3n) is 6.65. The van der Waals surface area contributed by atoms with E-state index in [-0.39, 0.29) is 29.6 Å². The van der Waals surface area contributed by atoms with Gasteiger partial charge in [0, 0.05) is 20.7 Å². The van der Waals surface area contributed by atoms with Gasteiger partial charge in [-0.15, -0.1) is 0 Å². The van der Waals surface area contributed by atoms with Crippen molar-refractivity contribution in [1.82, 2.24) is 10.2 Å². The number of ether oxygens (including phenoxy) is 2. The average molecular weight is 627 g/mol. The van der Waals surface area contributed by atoms with Gasteiger partial charge in [0.05, 0.1) is 23.3 Å². The number of carbonyl (C=O) groups excluding carboxylic acids is 2. The maximum Gasteiger partial charge on any atom is 0.529 e. The predicted octanol–water partition coefficient (Wildman–Crippen LogP) is 5.08. The lowest BCUT2D eigenvalue weighted by molar-refractivity contribution is 0.0620. The molecule has 2 amide bonds. The minimum Gasteiger partial charge on any atom is -0.445 e. The fraction of sp³-hybridized carbons (Fsp3) is 0.500. The first-order valence-corrected chi connectivity index (χ1v) is 16.6. The summed E-state index contributed by atoms with van der Waals surface area (Å²) in [6, 6.07) is 9.49. The standard InChI is InChI=1S/C28H39N2O10PS/c1-19-14-20(2)26(21(3)15-19)42(34,35)18-22(4)39-28(32)30-13-7-8-24(30)17-38-41(33,36-6)40-25-11-9-23(10-12-25)16-37-27(31)29-5/h9-12,14-15,22,24H,7-8,13,16-18H2,1-6H3,(H,29,31). The van der Waals surface area contributed by atoms with E-state index in [1.807, 2.05) is 19.1 Å². The highest BCUT2D eigenvalue weighted by Crippen LogP contribution is 2.49. The van der Waals surface area contributed by atoms with Crippen LogP contribution in [0.15, 0.2) is 41.3 Å². The van der Waals surface area contributed by atoms with Crippen molar-refractivity contribution in [2.45, 2.75) is 64.2 Å². The zero-order chi connectivity index (χ0) is 31.1. The highest BCUT2D eigenvalue weighted by atomic mass is 32.2. The summed E-state index contributed by atoms with van der Waals surface area (Å²) in [6.07, 6.45) is -0.918. The number of aryl methyl sites for hydroxylation is 3. The number of phosphoric acid groups is 1. The maximum absolute atomic E-state index is 13.1. The number of nitrogens with zero attached hydrogens (tertiary/aromatic N) is 1. The summed E-state index contributed by atoms with van der Waals surface area (Å²) >= 11 is 0. The highest BCUT2D eigenvalue weighted by Gasteiger charge is 2.36. The first-order valence-electron chi connectivity index (χ1n) is 13.5. The monoisotopic (exact) mass is 626 g/mol. The van der Waals surface area contributed by atoms with Crippen molar-refractivity contribution in [3.8, 4) is 5.75 Å². The first-order chi connectivity index (χ1) is 19.8. The highest BCUT2D eigenvalue weighted by molar-refractivity contribution is 7.91. The van der Waals surface area contributed by atoms with Crippen LogP contribution in [0.4, 0.5) is 9.59 Å². The van der Waals surface area contributed by atoms with Gasteiger partial charge >= 0.3 is 20.0 Å². The van der Waals surface area contributed by atoms with Crippen LogP contribution in [0.3, 0.4) is 0 Å². The van der Waals surface area contributed by atoms with Gasteiger partial charge < -0.3 is 24.2 Å². The van der Waals surface area contributed by atoms with Crippen molar-refractivity contribution in [3.05, 3.63) is 58.7 Å². The molecule has 42 heavy (non-hydrogen) atoms. The van der Waals surface area contributed by atoms with Crippen molar-refractivity contribution in [3.63, 3.8) is 0 Å². The second-order valence-corrected chi connectivity index (χ2v) is 13.9. The predicted molar refractivity (Wildman–Crippen MR) is 155 cm³/mol. The van der Waals surface area contributed by atoms with Crippen LogP contribution >= 0.6 is 7.82 Å². The molecular formula is C28H39N2O10PS. The molecule has 0 saturated carbocycles. The Kier molecular flexibility index (Phi) is 11.4. The molecule has 0 bridgehead atoms. The van der Waals surface area contributed by atoms with E-state index in [2.05, 4.69) is 5.32 Å². The van der Waals surface area contributed by atoms with Crippen LogP contribution in [0.5, 0.6) is 5.75 Å². The normalized spacial score (nSPS) is 17.3. The number of hydrogen-bond donors (Lipinski definition) is 1. The third-order valence-corrected chi connectivity index (χ3v) is 10.2. The summed E-state index contributed by atoms with van der Waals surface area (Å²) in [6.45, 7) is 7.22. The Morgan fingerprint density at radius 3 is 2.36 bits per heavy atom. The summed E-state index contributed by atoms with van der Waals surface area (Å²) < 4.78 is 66.0. The van der Waals surface area contributed by atoms with Gasteiger partial charge in [-0.3, -0.25) is 9.05 Å². The van der Waals surface area contributed by atoms with Crippen LogP contribution in [0.25, 0.3) is 0 Å². The summed E-state index contributed by atoms with van der Waals surface area (Å²) in [5, 5.41) is 2.35. The van der Waals surface area contributed by atoms with Crippen LogP contribution in [0, 0.1) is 20.8 Å². The van der Waals surface area contributed by atoms with Gasteiger partial charge in [0.2, 0.25) is 0 Å². The maximum atomic E-state index is 13.1. The van der Waals surface area contributed by atoms with Gasteiger partial charge in [-0.2, -0.15) is 0 Å². The van der Waals surface area contributed by atoms with E-state index in [1.54, 1.807) is 32.9 Å². The zero-order valence-corrected chi connectivity index (χ0v) is 26.5. The Balaban J connectivity index is 1.56. The molecule has 0 radical (unpaired) electrons. The molecule has 1 fully saturated rings. The fourth-order valence-corrected chi connectivity index (χ4v) is 7.78. The fourth-order valence-electron chi connectivity index (χ4n) is 4.86. The van der Waals surface area contributed by atoms with Crippen molar-refractivity contribution >= 4 is 29.8 Å². The van der Waals surface area contributed by atoms with E-state index in [9.17, 15) is 22.6 Å². The topological polar surface area (TPSA) is 147 Å². The van der Waals surface area contributed by atoms with Crippen molar-refractivity contribution in [2.24, 2.45) is 0 Å². The quantitative estimate of drug-likeness (QED) is 0.316. The molecule has 2 aromatic carbocycles. The molecule has 12 nitrogen and oxygen atoms in total. The molecule has 1 aliphatic rings. The molecule has 1 heterocycles. The van der Waals surface area contributed by atoms with Crippen LogP contribution in [-0.2, 0) is 39.5 Å². The molecule has 232 valence electrons. The van der Waals surface area contributed by atoms with Crippen molar-refractivity contribution in [1.29, 1.82) is 0 Å². The Morgan fingerprint density at radius 2 is 1.76 bits per heavy atom. The lowest BCUT2D eigenvalue weighted by atomic mass is 10.1. The summed E-state index contributed by atoms with van der Waals surface area (Å²) in [7, 11) is -5.10. The molecule has 0 spiro atoms. The number of carbonyl (C=O) groups is 2. The smallest absolute Gasteiger partial charge is 0.445 e. The van der Waals surface area contributed by atoms with Crippen LogP contribution in [0.2, 0.25) is 0 Å². The lowest BCUT2D eigenvalue weighted by Gasteiger charge is -2.27. The molecule has 3 atom stereocenters. The molecule has 2 aromatic rings. The number of phosphoric ester groups is 1. The number of rotatable bonds is 12. The van der Waals surface area contributed by atoms with E-state index in [1.165, 1.54) is 31.2 Å². The van der Waals surface area contributed by atoms with Gasteiger partial charge in [-0.05, 0) is 69.4 Å². The number of hydrogen-bond acceptors (Lipinski definition) is 10. The Hall–Kier alpha value is -3.12. The lowest BCUT2D eigenvalue weighted by Crippen LogP contribution is -2.40. The van der Waals surface area contributed by atoms with Gasteiger partial charge in [0.1, 0.15) is 18.5 Å².